The minimum absolute atomic E-state index is 0.234. The predicted molar refractivity (Wildman–Crippen MR) is 81.4 cm³/mol. The van der Waals surface area contributed by atoms with Crippen LogP contribution in [0.4, 0.5) is 0 Å². The molecule has 0 aliphatic carbocycles. The number of nitrogens with two attached hydrogens (primary N) is 1. The quantitative estimate of drug-likeness (QED) is 0.865. The standard InChI is InChI=1S/C15H22BrNO/c1-5-14(17)8-13-6-10(2)15(11(3)7-13)18-9-12(4)16/h6-7,14H,4-5,8-9,17H2,1-3H3. The first-order valence-electron chi connectivity index (χ1n) is 6.25. The molecule has 0 aliphatic heterocycles. The molecule has 18 heavy (non-hydrogen) atoms. The van der Waals surface area contributed by atoms with Gasteiger partial charge in [0.25, 0.3) is 0 Å². The lowest BCUT2D eigenvalue weighted by atomic mass is 9.99. The Bertz CT molecular complexity index is 405. The fourth-order valence-corrected chi connectivity index (χ4v) is 2.10. The summed E-state index contributed by atoms with van der Waals surface area (Å²) in [7, 11) is 0. The van der Waals surface area contributed by atoms with Crippen molar-refractivity contribution in [3.63, 3.8) is 0 Å². The Labute approximate surface area is 118 Å². The van der Waals surface area contributed by atoms with Crippen LogP contribution in [0.2, 0.25) is 0 Å². The van der Waals surface area contributed by atoms with Crippen molar-refractivity contribution in [2.24, 2.45) is 5.73 Å². The zero-order valence-corrected chi connectivity index (χ0v) is 13.0. The molecular weight excluding hydrogens is 290 g/mol. The van der Waals surface area contributed by atoms with E-state index in [4.69, 9.17) is 10.5 Å². The second-order valence-corrected chi connectivity index (χ2v) is 5.86. The van der Waals surface area contributed by atoms with Crippen molar-refractivity contribution in [2.75, 3.05) is 6.61 Å². The summed E-state index contributed by atoms with van der Waals surface area (Å²) in [6, 6.07) is 4.56. The Balaban J connectivity index is 2.86. The average molecular weight is 312 g/mol. The van der Waals surface area contributed by atoms with Crippen LogP contribution in [-0.2, 0) is 6.42 Å². The number of ether oxygens (including phenoxy) is 1. The molecule has 0 bridgehead atoms. The van der Waals surface area contributed by atoms with Gasteiger partial charge in [-0.25, -0.2) is 0 Å². The maximum atomic E-state index is 5.99. The van der Waals surface area contributed by atoms with Crippen molar-refractivity contribution in [3.8, 4) is 5.75 Å². The van der Waals surface area contributed by atoms with E-state index >= 15 is 0 Å². The third-order valence-corrected chi connectivity index (χ3v) is 3.14. The molecular formula is C15H22BrNO. The highest BCUT2D eigenvalue weighted by Gasteiger charge is 2.09. The number of aryl methyl sites for hydroxylation is 2. The summed E-state index contributed by atoms with van der Waals surface area (Å²) in [4.78, 5) is 0. The van der Waals surface area contributed by atoms with Crippen LogP contribution in [-0.4, -0.2) is 12.6 Å². The molecule has 0 radical (unpaired) electrons. The van der Waals surface area contributed by atoms with Crippen LogP contribution in [0, 0.1) is 13.8 Å². The molecule has 0 aromatic heterocycles. The predicted octanol–water partition coefficient (Wildman–Crippen LogP) is 3.87. The normalized spacial score (nSPS) is 12.3. The number of halogens is 1. The molecule has 0 saturated carbocycles. The van der Waals surface area contributed by atoms with Crippen LogP contribution in [0.1, 0.15) is 30.0 Å². The molecule has 3 heteroatoms. The van der Waals surface area contributed by atoms with E-state index in [0.29, 0.717) is 6.61 Å². The molecule has 1 unspecified atom stereocenters. The average Bonchev–Trinajstić information content (AvgIpc) is 2.27. The molecule has 100 valence electrons. The fraction of sp³-hybridized carbons (Fsp3) is 0.467. The highest BCUT2D eigenvalue weighted by molar-refractivity contribution is 9.11. The van der Waals surface area contributed by atoms with E-state index in [1.807, 2.05) is 0 Å². The van der Waals surface area contributed by atoms with Gasteiger partial charge in [0, 0.05) is 10.5 Å². The SMILES string of the molecule is C=C(Br)COc1c(C)cc(CC(N)CC)cc1C. The topological polar surface area (TPSA) is 35.2 Å². The summed E-state index contributed by atoms with van der Waals surface area (Å²) in [6.45, 7) is 10.5. The molecule has 0 spiro atoms. The van der Waals surface area contributed by atoms with Crippen LogP contribution in [0.25, 0.3) is 0 Å². The lowest BCUT2D eigenvalue weighted by Gasteiger charge is -2.15. The fourth-order valence-electron chi connectivity index (χ4n) is 1.98. The number of hydrogen-bond donors (Lipinski definition) is 1. The zero-order valence-electron chi connectivity index (χ0n) is 11.4. The van der Waals surface area contributed by atoms with Gasteiger partial charge in [0.15, 0.2) is 0 Å². The van der Waals surface area contributed by atoms with Crippen molar-refractivity contribution >= 4 is 15.9 Å². The van der Waals surface area contributed by atoms with Crippen LogP contribution >= 0.6 is 15.9 Å². The molecule has 2 nitrogen and oxygen atoms in total. The number of benzene rings is 1. The summed E-state index contributed by atoms with van der Waals surface area (Å²) in [5, 5.41) is 0. The molecule has 0 heterocycles. The molecule has 1 rings (SSSR count). The highest BCUT2D eigenvalue weighted by atomic mass is 79.9. The Kier molecular flexibility index (Phi) is 5.89. The van der Waals surface area contributed by atoms with Gasteiger partial charge in [0.05, 0.1) is 0 Å². The van der Waals surface area contributed by atoms with Gasteiger partial charge in [-0.3, -0.25) is 0 Å². The maximum absolute atomic E-state index is 5.99. The summed E-state index contributed by atoms with van der Waals surface area (Å²) >= 11 is 3.30. The minimum Gasteiger partial charge on any atom is -0.488 e. The van der Waals surface area contributed by atoms with E-state index in [0.717, 1.165) is 34.2 Å². The molecule has 1 atom stereocenters. The summed E-state index contributed by atoms with van der Waals surface area (Å²) in [6.07, 6.45) is 1.92. The van der Waals surface area contributed by atoms with Crippen LogP contribution in [0.3, 0.4) is 0 Å². The smallest absolute Gasteiger partial charge is 0.125 e. The maximum Gasteiger partial charge on any atom is 0.125 e. The van der Waals surface area contributed by atoms with Gasteiger partial charge in [-0.2, -0.15) is 0 Å². The zero-order chi connectivity index (χ0) is 13.7. The van der Waals surface area contributed by atoms with Gasteiger partial charge >= 0.3 is 0 Å². The lowest BCUT2D eigenvalue weighted by Crippen LogP contribution is -2.21. The van der Waals surface area contributed by atoms with E-state index in [1.54, 1.807) is 0 Å². The monoisotopic (exact) mass is 311 g/mol. The summed E-state index contributed by atoms with van der Waals surface area (Å²) < 4.78 is 6.58. The lowest BCUT2D eigenvalue weighted by molar-refractivity contribution is 0.355. The van der Waals surface area contributed by atoms with Crippen LogP contribution in [0.15, 0.2) is 23.2 Å². The van der Waals surface area contributed by atoms with E-state index in [-0.39, 0.29) is 6.04 Å². The third-order valence-electron chi connectivity index (χ3n) is 2.92. The Morgan fingerprint density at radius 3 is 2.39 bits per heavy atom. The van der Waals surface area contributed by atoms with Crippen molar-refractivity contribution in [1.82, 2.24) is 0 Å². The number of rotatable bonds is 6. The molecule has 0 saturated heterocycles. The second kappa shape index (κ2) is 6.95. The van der Waals surface area contributed by atoms with Crippen molar-refractivity contribution in [2.45, 2.75) is 39.7 Å². The second-order valence-electron chi connectivity index (χ2n) is 4.74. The largest absolute Gasteiger partial charge is 0.488 e. The Hall–Kier alpha value is -0.800. The van der Waals surface area contributed by atoms with Gasteiger partial charge in [-0.05, 0) is 43.4 Å². The molecule has 1 aromatic carbocycles. The van der Waals surface area contributed by atoms with Crippen molar-refractivity contribution in [1.29, 1.82) is 0 Å². The molecule has 2 N–H and O–H groups in total. The first-order valence-corrected chi connectivity index (χ1v) is 7.05. The van der Waals surface area contributed by atoms with Crippen molar-refractivity contribution in [3.05, 3.63) is 39.9 Å². The summed E-state index contributed by atoms with van der Waals surface area (Å²) in [5.74, 6) is 0.949. The minimum atomic E-state index is 0.234. The molecule has 0 fully saturated rings. The molecule has 1 aromatic rings. The Morgan fingerprint density at radius 2 is 1.94 bits per heavy atom. The third kappa shape index (κ3) is 4.46. The first-order chi connectivity index (χ1) is 8.43. The molecule has 0 amide bonds. The van der Waals surface area contributed by atoms with E-state index in [2.05, 4.69) is 55.4 Å². The van der Waals surface area contributed by atoms with Crippen molar-refractivity contribution < 1.29 is 4.74 Å². The Morgan fingerprint density at radius 1 is 1.39 bits per heavy atom. The van der Waals surface area contributed by atoms with E-state index in [1.165, 1.54) is 5.56 Å². The number of hydrogen-bond acceptors (Lipinski definition) is 2. The van der Waals surface area contributed by atoms with E-state index < -0.39 is 0 Å². The summed E-state index contributed by atoms with van der Waals surface area (Å²) in [5.41, 5.74) is 9.58. The van der Waals surface area contributed by atoms with Gasteiger partial charge < -0.3 is 10.5 Å². The van der Waals surface area contributed by atoms with Gasteiger partial charge in [-0.15, -0.1) is 0 Å². The van der Waals surface area contributed by atoms with Crippen LogP contribution < -0.4 is 10.5 Å². The van der Waals surface area contributed by atoms with Gasteiger partial charge in [0.1, 0.15) is 12.4 Å². The van der Waals surface area contributed by atoms with Crippen LogP contribution in [0.5, 0.6) is 5.75 Å². The van der Waals surface area contributed by atoms with Gasteiger partial charge in [0.2, 0.25) is 0 Å². The first kappa shape index (κ1) is 15.3. The van der Waals surface area contributed by atoms with Gasteiger partial charge in [-0.1, -0.05) is 41.6 Å². The van der Waals surface area contributed by atoms with E-state index in [9.17, 15) is 0 Å². The highest BCUT2D eigenvalue weighted by Crippen LogP contribution is 2.26. The molecule has 0 aliphatic rings.